The number of nitrogens with zero attached hydrogens (tertiary/aromatic N) is 1. The SMILES string of the molecule is CCCCC(O)(c1ccc(OCC)cc1)C(CN1CCOCC1)c1ccc(Cl)cc1.Cl. The molecule has 0 spiro atoms. The Labute approximate surface area is 197 Å². The van der Waals surface area contributed by atoms with Crippen LogP contribution in [0.3, 0.4) is 0 Å². The number of aliphatic hydroxyl groups is 1. The third-order valence-corrected chi connectivity index (χ3v) is 6.22. The Balaban J connectivity index is 0.00000341. The van der Waals surface area contributed by atoms with Crippen molar-refractivity contribution in [1.29, 1.82) is 0 Å². The van der Waals surface area contributed by atoms with Gasteiger partial charge in [0.2, 0.25) is 0 Å². The molecule has 4 nitrogen and oxygen atoms in total. The lowest BCUT2D eigenvalue weighted by atomic mass is 9.74. The van der Waals surface area contributed by atoms with E-state index in [1.165, 1.54) is 0 Å². The van der Waals surface area contributed by atoms with Gasteiger partial charge in [-0.15, -0.1) is 12.4 Å². The largest absolute Gasteiger partial charge is 0.494 e. The standard InChI is InChI=1S/C25H34ClNO3.ClH/c1-3-5-14-25(28,21-8-12-23(13-9-21)30-4-2)24(19-27-15-17-29-18-16-27)20-6-10-22(26)11-7-20;/h6-13,24,28H,3-5,14-19H2,1-2H3;1H. The van der Waals surface area contributed by atoms with Crippen LogP contribution in [-0.4, -0.2) is 49.5 Å². The van der Waals surface area contributed by atoms with Gasteiger partial charge in [-0.1, -0.05) is 55.6 Å². The van der Waals surface area contributed by atoms with Crippen LogP contribution in [0.5, 0.6) is 5.75 Å². The zero-order valence-corrected chi connectivity index (χ0v) is 20.1. The summed E-state index contributed by atoms with van der Waals surface area (Å²) >= 11 is 6.17. The first-order valence-corrected chi connectivity index (χ1v) is 11.5. The van der Waals surface area contributed by atoms with Crippen LogP contribution in [0.15, 0.2) is 48.5 Å². The fraction of sp³-hybridized carbons (Fsp3) is 0.520. The summed E-state index contributed by atoms with van der Waals surface area (Å²) in [6, 6.07) is 15.9. The van der Waals surface area contributed by atoms with Crippen molar-refractivity contribution in [3.8, 4) is 5.75 Å². The number of halogens is 2. The molecular formula is C25H35Cl2NO3. The van der Waals surface area contributed by atoms with Gasteiger partial charge in [0, 0.05) is 30.6 Å². The third kappa shape index (κ3) is 6.84. The molecule has 2 unspecified atom stereocenters. The van der Waals surface area contributed by atoms with Crippen LogP contribution in [0.1, 0.15) is 50.2 Å². The number of hydrogen-bond acceptors (Lipinski definition) is 4. The van der Waals surface area contributed by atoms with Gasteiger partial charge in [0.05, 0.1) is 25.4 Å². The molecule has 3 rings (SSSR count). The van der Waals surface area contributed by atoms with E-state index in [1.807, 2.05) is 43.3 Å². The van der Waals surface area contributed by atoms with Crippen molar-refractivity contribution >= 4 is 24.0 Å². The van der Waals surface area contributed by atoms with E-state index in [4.69, 9.17) is 21.1 Å². The second-order valence-electron chi connectivity index (χ2n) is 8.00. The smallest absolute Gasteiger partial charge is 0.119 e. The first-order chi connectivity index (χ1) is 14.6. The fourth-order valence-corrected chi connectivity index (χ4v) is 4.37. The van der Waals surface area contributed by atoms with Crippen molar-refractivity contribution in [2.75, 3.05) is 39.5 Å². The van der Waals surface area contributed by atoms with E-state index >= 15 is 0 Å². The fourth-order valence-electron chi connectivity index (χ4n) is 4.24. The Kier molecular flexibility index (Phi) is 10.6. The van der Waals surface area contributed by atoms with Gasteiger partial charge >= 0.3 is 0 Å². The highest BCUT2D eigenvalue weighted by Gasteiger charge is 2.40. The average molecular weight is 468 g/mol. The summed E-state index contributed by atoms with van der Waals surface area (Å²) in [6.07, 6.45) is 2.69. The molecule has 0 radical (unpaired) electrons. The molecule has 31 heavy (non-hydrogen) atoms. The maximum absolute atomic E-state index is 12.2. The zero-order chi connectivity index (χ0) is 21.4. The number of ether oxygens (including phenoxy) is 2. The highest BCUT2D eigenvalue weighted by atomic mass is 35.5. The molecule has 1 saturated heterocycles. The summed E-state index contributed by atoms with van der Waals surface area (Å²) in [5.41, 5.74) is 1.07. The Morgan fingerprint density at radius 3 is 2.29 bits per heavy atom. The van der Waals surface area contributed by atoms with E-state index in [-0.39, 0.29) is 18.3 Å². The minimum atomic E-state index is -0.979. The molecule has 2 aromatic carbocycles. The van der Waals surface area contributed by atoms with Crippen molar-refractivity contribution in [1.82, 2.24) is 4.90 Å². The monoisotopic (exact) mass is 467 g/mol. The van der Waals surface area contributed by atoms with Gasteiger partial charge in [-0.05, 0) is 48.7 Å². The molecule has 1 fully saturated rings. The molecule has 0 amide bonds. The molecule has 172 valence electrons. The van der Waals surface area contributed by atoms with Gasteiger partial charge in [0.25, 0.3) is 0 Å². The van der Waals surface area contributed by atoms with Crippen molar-refractivity contribution in [3.63, 3.8) is 0 Å². The van der Waals surface area contributed by atoms with E-state index in [2.05, 4.69) is 24.0 Å². The molecule has 2 atom stereocenters. The topological polar surface area (TPSA) is 41.9 Å². The normalized spacial score (nSPS) is 17.4. The zero-order valence-electron chi connectivity index (χ0n) is 18.6. The second-order valence-corrected chi connectivity index (χ2v) is 8.44. The molecule has 0 aliphatic carbocycles. The summed E-state index contributed by atoms with van der Waals surface area (Å²) in [4.78, 5) is 2.40. The number of hydrogen-bond donors (Lipinski definition) is 1. The van der Waals surface area contributed by atoms with Crippen molar-refractivity contribution in [2.45, 2.75) is 44.6 Å². The molecule has 1 aliphatic heterocycles. The van der Waals surface area contributed by atoms with Crippen LogP contribution in [0, 0.1) is 0 Å². The minimum absolute atomic E-state index is 0. The lowest BCUT2D eigenvalue weighted by Gasteiger charge is -2.41. The average Bonchev–Trinajstić information content (AvgIpc) is 2.78. The van der Waals surface area contributed by atoms with Gasteiger partial charge < -0.3 is 14.6 Å². The quantitative estimate of drug-likeness (QED) is 0.489. The Hall–Kier alpha value is -1.30. The van der Waals surface area contributed by atoms with E-state index in [9.17, 15) is 5.11 Å². The van der Waals surface area contributed by atoms with E-state index in [0.717, 1.165) is 62.6 Å². The van der Waals surface area contributed by atoms with Crippen LogP contribution >= 0.6 is 24.0 Å². The lowest BCUT2D eigenvalue weighted by Crippen LogP contribution is -2.45. The van der Waals surface area contributed by atoms with Gasteiger partial charge in [-0.25, -0.2) is 0 Å². The summed E-state index contributed by atoms with van der Waals surface area (Å²) in [5.74, 6) is 0.757. The maximum Gasteiger partial charge on any atom is 0.119 e. The van der Waals surface area contributed by atoms with Crippen molar-refractivity contribution < 1.29 is 14.6 Å². The van der Waals surface area contributed by atoms with Crippen LogP contribution in [-0.2, 0) is 10.3 Å². The van der Waals surface area contributed by atoms with E-state index in [0.29, 0.717) is 18.1 Å². The van der Waals surface area contributed by atoms with Crippen LogP contribution in [0.25, 0.3) is 0 Å². The second kappa shape index (κ2) is 12.7. The summed E-state index contributed by atoms with van der Waals surface area (Å²) in [5, 5.41) is 12.9. The third-order valence-electron chi connectivity index (χ3n) is 5.97. The van der Waals surface area contributed by atoms with Crippen LogP contribution < -0.4 is 4.74 Å². The Bertz CT molecular complexity index is 763. The molecule has 1 aliphatic rings. The summed E-state index contributed by atoms with van der Waals surface area (Å²) < 4.78 is 11.2. The van der Waals surface area contributed by atoms with Gasteiger partial charge in [0.15, 0.2) is 0 Å². The molecule has 2 aromatic rings. The van der Waals surface area contributed by atoms with E-state index in [1.54, 1.807) is 0 Å². The first kappa shape index (κ1) is 26.0. The van der Waals surface area contributed by atoms with Gasteiger partial charge in [0.1, 0.15) is 5.75 Å². The van der Waals surface area contributed by atoms with Gasteiger partial charge in [-0.2, -0.15) is 0 Å². The summed E-state index contributed by atoms with van der Waals surface area (Å²) in [6.45, 7) is 8.80. The molecule has 1 heterocycles. The number of unbranched alkanes of at least 4 members (excludes halogenated alkanes) is 1. The maximum atomic E-state index is 12.2. The van der Waals surface area contributed by atoms with Crippen LogP contribution in [0.2, 0.25) is 5.02 Å². The lowest BCUT2D eigenvalue weighted by molar-refractivity contribution is -0.0294. The number of benzene rings is 2. The molecule has 0 aromatic heterocycles. The van der Waals surface area contributed by atoms with E-state index < -0.39 is 5.60 Å². The first-order valence-electron chi connectivity index (χ1n) is 11.1. The minimum Gasteiger partial charge on any atom is -0.494 e. The predicted octanol–water partition coefficient (Wildman–Crippen LogP) is 5.65. The number of morpholine rings is 1. The number of rotatable bonds is 10. The highest BCUT2D eigenvalue weighted by molar-refractivity contribution is 6.30. The molecular weight excluding hydrogens is 433 g/mol. The van der Waals surface area contributed by atoms with Crippen molar-refractivity contribution in [2.24, 2.45) is 0 Å². The van der Waals surface area contributed by atoms with Crippen LogP contribution in [0.4, 0.5) is 0 Å². The van der Waals surface area contributed by atoms with Gasteiger partial charge in [-0.3, -0.25) is 4.90 Å². The molecule has 6 heteroatoms. The summed E-state index contributed by atoms with van der Waals surface area (Å²) in [7, 11) is 0. The van der Waals surface area contributed by atoms with Crippen molar-refractivity contribution in [3.05, 3.63) is 64.7 Å². The Morgan fingerprint density at radius 1 is 1.06 bits per heavy atom. The Morgan fingerprint density at radius 2 is 1.71 bits per heavy atom. The highest BCUT2D eigenvalue weighted by Crippen LogP contribution is 2.42. The predicted molar refractivity (Wildman–Crippen MR) is 130 cm³/mol. The molecule has 1 N–H and O–H groups in total. The molecule has 0 bridgehead atoms. The molecule has 0 saturated carbocycles.